The quantitative estimate of drug-likeness (QED) is 0.534. The zero-order chi connectivity index (χ0) is 22.4. The summed E-state index contributed by atoms with van der Waals surface area (Å²) in [4.78, 5) is 31.0. The summed E-state index contributed by atoms with van der Waals surface area (Å²) < 4.78 is 43.8. The number of hydrogen-bond acceptors (Lipinski definition) is 5. The highest BCUT2D eigenvalue weighted by Gasteiger charge is 2.30. The fourth-order valence-electron chi connectivity index (χ4n) is 2.44. The Morgan fingerprint density at radius 2 is 1.61 bits per heavy atom. The summed E-state index contributed by atoms with van der Waals surface area (Å²) in [5.74, 6) is 0.587. The van der Waals surface area contributed by atoms with E-state index in [0.717, 1.165) is 12.1 Å². The Bertz CT molecular complexity index is 1090. The molecule has 2 aromatic carbocycles. The van der Waals surface area contributed by atoms with Crippen molar-refractivity contribution in [1.29, 1.82) is 0 Å². The molecule has 11 heteroatoms. The van der Waals surface area contributed by atoms with Gasteiger partial charge in [-0.1, -0.05) is 6.07 Å². The first kappa shape index (κ1) is 21.6. The number of aromatic nitrogens is 2. The summed E-state index contributed by atoms with van der Waals surface area (Å²) in [7, 11) is 0. The molecule has 1 aromatic heterocycles. The highest BCUT2D eigenvalue weighted by Crippen LogP contribution is 2.30. The lowest BCUT2D eigenvalue weighted by atomic mass is 10.2. The molecule has 0 saturated heterocycles. The fourth-order valence-corrected chi connectivity index (χ4v) is 2.44. The Kier molecular flexibility index (Phi) is 6.34. The predicted octanol–water partition coefficient (Wildman–Crippen LogP) is 4.89. The molecular weight excluding hydrogens is 415 g/mol. The van der Waals surface area contributed by atoms with E-state index in [9.17, 15) is 22.8 Å². The summed E-state index contributed by atoms with van der Waals surface area (Å²) >= 11 is 0. The first-order valence-corrected chi connectivity index (χ1v) is 8.82. The third-order valence-corrected chi connectivity index (χ3v) is 3.73. The Morgan fingerprint density at radius 1 is 0.903 bits per heavy atom. The summed E-state index contributed by atoms with van der Waals surface area (Å²) in [6.07, 6.45) is -3.27. The van der Waals surface area contributed by atoms with E-state index in [-0.39, 0.29) is 23.3 Å². The van der Waals surface area contributed by atoms with Crippen molar-refractivity contribution in [3.63, 3.8) is 0 Å². The van der Waals surface area contributed by atoms with Gasteiger partial charge in [-0.15, -0.1) is 0 Å². The number of benzene rings is 2. The maximum Gasteiger partial charge on any atom is 0.416 e. The molecule has 1 heterocycles. The van der Waals surface area contributed by atoms with E-state index in [4.69, 9.17) is 4.74 Å². The average Bonchev–Trinajstić information content (AvgIpc) is 2.69. The van der Waals surface area contributed by atoms with Crippen molar-refractivity contribution in [2.45, 2.75) is 13.1 Å². The molecular formula is C20H16F3N5O3. The number of alkyl halides is 3. The van der Waals surface area contributed by atoms with Crippen LogP contribution in [0.4, 0.5) is 35.2 Å². The SMILES string of the molecule is CC(=O)Nc1cc(Oc2ccc(NC(=O)Nc3cccc(C(F)(F)F)c3)cc2)ncn1. The van der Waals surface area contributed by atoms with Crippen LogP contribution >= 0.6 is 0 Å². The molecule has 0 aliphatic heterocycles. The van der Waals surface area contributed by atoms with Crippen LogP contribution in [0.1, 0.15) is 12.5 Å². The molecule has 3 aromatic rings. The topological polar surface area (TPSA) is 105 Å². The number of urea groups is 1. The zero-order valence-corrected chi connectivity index (χ0v) is 16.0. The van der Waals surface area contributed by atoms with Gasteiger partial charge in [0.2, 0.25) is 11.8 Å². The van der Waals surface area contributed by atoms with Crippen molar-refractivity contribution >= 4 is 29.1 Å². The van der Waals surface area contributed by atoms with E-state index in [1.807, 2.05) is 0 Å². The average molecular weight is 431 g/mol. The van der Waals surface area contributed by atoms with E-state index < -0.39 is 17.8 Å². The standard InChI is InChI=1S/C20H16F3N5O3/c1-12(29)26-17-10-18(25-11-24-17)31-16-7-5-14(6-8-16)27-19(30)28-15-4-2-3-13(9-15)20(21,22)23/h2-11H,1H3,(H2,27,28,30)(H,24,25,26,29). The van der Waals surface area contributed by atoms with Gasteiger partial charge in [-0.2, -0.15) is 13.2 Å². The molecule has 0 bridgehead atoms. The Labute approximate surface area is 174 Å². The number of rotatable bonds is 5. The number of carbonyl (C=O) groups is 2. The summed E-state index contributed by atoms with van der Waals surface area (Å²) in [5.41, 5.74) is -0.470. The van der Waals surface area contributed by atoms with Crippen LogP contribution in [-0.2, 0) is 11.0 Å². The van der Waals surface area contributed by atoms with Gasteiger partial charge in [-0.3, -0.25) is 4.79 Å². The molecule has 3 N–H and O–H groups in total. The number of anilines is 3. The van der Waals surface area contributed by atoms with Gasteiger partial charge in [0.25, 0.3) is 0 Å². The molecule has 160 valence electrons. The van der Waals surface area contributed by atoms with E-state index >= 15 is 0 Å². The number of halogens is 3. The molecule has 31 heavy (non-hydrogen) atoms. The molecule has 0 unspecified atom stereocenters. The predicted molar refractivity (Wildman–Crippen MR) is 107 cm³/mol. The minimum atomic E-state index is -4.50. The van der Waals surface area contributed by atoms with Crippen molar-refractivity contribution in [2.24, 2.45) is 0 Å². The van der Waals surface area contributed by atoms with Crippen LogP contribution in [0.5, 0.6) is 11.6 Å². The highest BCUT2D eigenvalue weighted by atomic mass is 19.4. The van der Waals surface area contributed by atoms with Gasteiger partial charge in [0.15, 0.2) is 0 Å². The second kappa shape index (κ2) is 9.11. The van der Waals surface area contributed by atoms with Crippen molar-refractivity contribution in [2.75, 3.05) is 16.0 Å². The van der Waals surface area contributed by atoms with Gasteiger partial charge < -0.3 is 20.7 Å². The van der Waals surface area contributed by atoms with Gasteiger partial charge in [-0.05, 0) is 42.5 Å². The largest absolute Gasteiger partial charge is 0.439 e. The molecule has 0 aliphatic carbocycles. The summed E-state index contributed by atoms with van der Waals surface area (Å²) in [5, 5.41) is 7.36. The smallest absolute Gasteiger partial charge is 0.416 e. The van der Waals surface area contributed by atoms with Crippen LogP contribution < -0.4 is 20.7 Å². The van der Waals surface area contributed by atoms with E-state index in [0.29, 0.717) is 11.4 Å². The Balaban J connectivity index is 1.59. The van der Waals surface area contributed by atoms with Crippen LogP contribution in [0.3, 0.4) is 0 Å². The van der Waals surface area contributed by atoms with Crippen molar-refractivity contribution in [3.8, 4) is 11.6 Å². The minimum Gasteiger partial charge on any atom is -0.439 e. The van der Waals surface area contributed by atoms with Crippen LogP contribution in [0.25, 0.3) is 0 Å². The fraction of sp³-hybridized carbons (Fsp3) is 0.100. The van der Waals surface area contributed by atoms with Crippen LogP contribution in [0, 0.1) is 0 Å². The third kappa shape index (κ3) is 6.42. The highest BCUT2D eigenvalue weighted by molar-refractivity contribution is 5.99. The number of hydrogen-bond donors (Lipinski definition) is 3. The van der Waals surface area contributed by atoms with Gasteiger partial charge in [-0.25, -0.2) is 14.8 Å². The lowest BCUT2D eigenvalue weighted by molar-refractivity contribution is -0.137. The molecule has 0 radical (unpaired) electrons. The molecule has 0 saturated carbocycles. The van der Waals surface area contributed by atoms with E-state index in [1.165, 1.54) is 43.6 Å². The van der Waals surface area contributed by atoms with Crippen molar-refractivity contribution < 1.29 is 27.5 Å². The number of nitrogens with one attached hydrogen (secondary N) is 3. The maximum atomic E-state index is 12.8. The molecule has 0 fully saturated rings. The van der Waals surface area contributed by atoms with Crippen molar-refractivity contribution in [1.82, 2.24) is 9.97 Å². The summed E-state index contributed by atoms with van der Waals surface area (Å²) in [6.45, 7) is 1.34. The lowest BCUT2D eigenvalue weighted by Gasteiger charge is -2.11. The van der Waals surface area contributed by atoms with E-state index in [1.54, 1.807) is 12.1 Å². The monoisotopic (exact) mass is 431 g/mol. The molecule has 0 spiro atoms. The Morgan fingerprint density at radius 3 is 2.29 bits per heavy atom. The van der Waals surface area contributed by atoms with Crippen molar-refractivity contribution in [3.05, 3.63) is 66.5 Å². The van der Waals surface area contributed by atoms with Crippen LogP contribution in [0.15, 0.2) is 60.9 Å². The Hall–Kier alpha value is -4.15. The zero-order valence-electron chi connectivity index (χ0n) is 16.0. The van der Waals surface area contributed by atoms with Crippen LogP contribution in [0.2, 0.25) is 0 Å². The molecule has 0 aliphatic rings. The second-order valence-corrected chi connectivity index (χ2v) is 6.21. The second-order valence-electron chi connectivity index (χ2n) is 6.21. The van der Waals surface area contributed by atoms with Crippen LogP contribution in [-0.4, -0.2) is 21.9 Å². The lowest BCUT2D eigenvalue weighted by Crippen LogP contribution is -2.19. The number of carbonyl (C=O) groups excluding carboxylic acids is 2. The van der Waals surface area contributed by atoms with E-state index in [2.05, 4.69) is 25.9 Å². The number of nitrogens with zero attached hydrogens (tertiary/aromatic N) is 2. The van der Waals surface area contributed by atoms with Gasteiger partial charge in [0.1, 0.15) is 17.9 Å². The number of amides is 3. The first-order chi connectivity index (χ1) is 14.7. The molecule has 3 amide bonds. The summed E-state index contributed by atoms with van der Waals surface area (Å²) in [6, 6.07) is 11.2. The minimum absolute atomic E-state index is 0.00557. The maximum absolute atomic E-state index is 12.8. The third-order valence-electron chi connectivity index (χ3n) is 3.73. The number of ether oxygens (including phenoxy) is 1. The molecule has 8 nitrogen and oxygen atoms in total. The van der Waals surface area contributed by atoms with Gasteiger partial charge >= 0.3 is 12.2 Å². The molecule has 0 atom stereocenters. The van der Waals surface area contributed by atoms with Gasteiger partial charge in [0, 0.05) is 24.4 Å². The first-order valence-electron chi connectivity index (χ1n) is 8.82. The molecule has 3 rings (SSSR count). The van der Waals surface area contributed by atoms with Gasteiger partial charge in [0.05, 0.1) is 5.56 Å². The normalized spacial score (nSPS) is 10.8.